The van der Waals surface area contributed by atoms with Crippen LogP contribution >= 0.6 is 0 Å². The summed E-state index contributed by atoms with van der Waals surface area (Å²) in [6.45, 7) is 15.5. The lowest BCUT2D eigenvalue weighted by Crippen LogP contribution is -2.40. The Balaban J connectivity index is 0.00000135. The third kappa shape index (κ3) is 9.35. The molecule has 3 heteroatoms. The van der Waals surface area contributed by atoms with E-state index in [0.717, 1.165) is 24.4 Å². The van der Waals surface area contributed by atoms with Crippen LogP contribution in [-0.4, -0.2) is 22.5 Å². The maximum Gasteiger partial charge on any atom is 0.0541 e. The first-order valence-electron chi connectivity index (χ1n) is 8.04. The van der Waals surface area contributed by atoms with Gasteiger partial charge in [0.1, 0.15) is 0 Å². The fourth-order valence-corrected chi connectivity index (χ4v) is 1.86. The Hall–Kier alpha value is -1.61. The fourth-order valence-electron chi connectivity index (χ4n) is 1.86. The number of hydrogen-bond donors (Lipinski definition) is 1. The predicted octanol–water partition coefficient (Wildman–Crippen LogP) is 4.74. The highest BCUT2D eigenvalue weighted by molar-refractivity contribution is 5.06. The van der Waals surface area contributed by atoms with Gasteiger partial charge in [-0.15, -0.1) is 0 Å². The number of nitrogens with one attached hydrogen (secondary N) is 1. The molecular formula is C19H33N3. The summed E-state index contributed by atoms with van der Waals surface area (Å²) in [5.41, 5.74) is 2.14. The van der Waals surface area contributed by atoms with Gasteiger partial charge in [0.15, 0.2) is 0 Å². The van der Waals surface area contributed by atoms with Gasteiger partial charge in [-0.05, 0) is 39.1 Å². The van der Waals surface area contributed by atoms with Crippen molar-refractivity contribution in [2.45, 2.75) is 59.5 Å². The van der Waals surface area contributed by atoms with E-state index in [4.69, 9.17) is 0 Å². The lowest BCUT2D eigenvalue weighted by Gasteiger charge is -2.30. The molecule has 1 aromatic heterocycles. The Kier molecular flexibility index (Phi) is 10.2. The fraction of sp³-hybridized carbons (Fsp3) is 0.526. The van der Waals surface area contributed by atoms with Crippen LogP contribution in [0.5, 0.6) is 0 Å². The number of nitrogens with zero attached hydrogens (tertiary/aromatic N) is 2. The zero-order chi connectivity index (χ0) is 17.0. The molecule has 0 atom stereocenters. The van der Waals surface area contributed by atoms with Crippen molar-refractivity contribution >= 4 is 0 Å². The SMILES string of the molecule is C=C(CC(C)(C)NCc1ccccn1)N(C)/C=C\C.CCC. The lowest BCUT2D eigenvalue weighted by atomic mass is 9.98. The average molecular weight is 303 g/mol. The molecule has 0 fully saturated rings. The molecule has 0 bridgehead atoms. The highest BCUT2D eigenvalue weighted by Crippen LogP contribution is 2.17. The molecule has 0 saturated carbocycles. The molecular weight excluding hydrogens is 270 g/mol. The molecule has 3 nitrogen and oxygen atoms in total. The van der Waals surface area contributed by atoms with E-state index in [0.29, 0.717) is 0 Å². The van der Waals surface area contributed by atoms with Gasteiger partial charge in [0, 0.05) is 37.4 Å². The Morgan fingerprint density at radius 1 is 1.36 bits per heavy atom. The molecule has 1 N–H and O–H groups in total. The van der Waals surface area contributed by atoms with Crippen molar-refractivity contribution in [3.8, 4) is 0 Å². The summed E-state index contributed by atoms with van der Waals surface area (Å²) in [6, 6.07) is 5.97. The van der Waals surface area contributed by atoms with Crippen LogP contribution in [0.25, 0.3) is 0 Å². The van der Waals surface area contributed by atoms with E-state index in [9.17, 15) is 0 Å². The maximum atomic E-state index is 4.32. The standard InChI is InChI=1S/C16H25N3.C3H8/c1-6-11-19(5)14(2)12-16(3,4)18-13-15-9-7-8-10-17-15;1-3-2/h6-11,18H,2,12-13H2,1,3-5H3;3H2,1-2H3/b11-6-;. The zero-order valence-corrected chi connectivity index (χ0v) is 15.2. The van der Waals surface area contributed by atoms with Gasteiger partial charge in [0.2, 0.25) is 0 Å². The van der Waals surface area contributed by atoms with Gasteiger partial charge in [0.25, 0.3) is 0 Å². The number of allylic oxidation sites excluding steroid dienone is 1. The van der Waals surface area contributed by atoms with Gasteiger partial charge in [-0.2, -0.15) is 0 Å². The molecule has 0 aliphatic rings. The molecule has 124 valence electrons. The summed E-state index contributed by atoms with van der Waals surface area (Å²) in [5.74, 6) is 0. The molecule has 1 aromatic rings. The number of pyridine rings is 1. The lowest BCUT2D eigenvalue weighted by molar-refractivity contribution is 0.353. The van der Waals surface area contributed by atoms with E-state index in [2.05, 4.69) is 49.5 Å². The van der Waals surface area contributed by atoms with Crippen LogP contribution in [0.1, 0.15) is 53.2 Å². The molecule has 0 amide bonds. The highest BCUT2D eigenvalue weighted by atomic mass is 15.1. The van der Waals surface area contributed by atoms with Crippen LogP contribution in [0.15, 0.2) is 48.9 Å². The summed E-state index contributed by atoms with van der Waals surface area (Å²) in [5, 5.41) is 3.53. The van der Waals surface area contributed by atoms with E-state index in [1.807, 2.05) is 50.6 Å². The third-order valence-electron chi connectivity index (χ3n) is 2.99. The number of rotatable bonds is 7. The molecule has 0 aliphatic heterocycles. The Bertz CT molecular complexity index is 435. The molecule has 0 aromatic carbocycles. The second-order valence-corrected chi connectivity index (χ2v) is 6.10. The minimum Gasteiger partial charge on any atom is -0.355 e. The number of hydrogen-bond acceptors (Lipinski definition) is 3. The normalized spacial score (nSPS) is 11.0. The second kappa shape index (κ2) is 11.0. The Labute approximate surface area is 137 Å². The van der Waals surface area contributed by atoms with Crippen LogP contribution in [0.3, 0.4) is 0 Å². The van der Waals surface area contributed by atoms with Crippen molar-refractivity contribution < 1.29 is 0 Å². The predicted molar refractivity (Wildman–Crippen MR) is 97.5 cm³/mol. The third-order valence-corrected chi connectivity index (χ3v) is 2.99. The maximum absolute atomic E-state index is 4.32. The molecule has 22 heavy (non-hydrogen) atoms. The van der Waals surface area contributed by atoms with Crippen molar-refractivity contribution in [2.75, 3.05) is 7.05 Å². The second-order valence-electron chi connectivity index (χ2n) is 6.10. The highest BCUT2D eigenvalue weighted by Gasteiger charge is 2.19. The largest absolute Gasteiger partial charge is 0.355 e. The summed E-state index contributed by atoms with van der Waals surface area (Å²) in [7, 11) is 2.02. The van der Waals surface area contributed by atoms with Crippen LogP contribution in [-0.2, 0) is 6.54 Å². The monoisotopic (exact) mass is 303 g/mol. The Morgan fingerprint density at radius 2 is 2.00 bits per heavy atom. The molecule has 0 aliphatic carbocycles. The molecule has 0 saturated heterocycles. The quantitative estimate of drug-likeness (QED) is 0.789. The van der Waals surface area contributed by atoms with E-state index in [1.54, 1.807) is 0 Å². The summed E-state index contributed by atoms with van der Waals surface area (Å²) in [4.78, 5) is 6.38. The van der Waals surface area contributed by atoms with Gasteiger partial charge in [-0.3, -0.25) is 4.98 Å². The molecule has 0 radical (unpaired) electrons. The van der Waals surface area contributed by atoms with E-state index in [-0.39, 0.29) is 5.54 Å². The van der Waals surface area contributed by atoms with Crippen LogP contribution in [0.2, 0.25) is 0 Å². The zero-order valence-electron chi connectivity index (χ0n) is 15.2. The van der Waals surface area contributed by atoms with Gasteiger partial charge in [-0.25, -0.2) is 0 Å². The first-order chi connectivity index (χ1) is 10.4. The summed E-state index contributed by atoms with van der Waals surface area (Å²) < 4.78 is 0. The van der Waals surface area contributed by atoms with Gasteiger partial charge < -0.3 is 10.2 Å². The van der Waals surface area contributed by atoms with Gasteiger partial charge in [0.05, 0.1) is 5.69 Å². The van der Waals surface area contributed by atoms with E-state index >= 15 is 0 Å². The minimum atomic E-state index is -0.00948. The van der Waals surface area contributed by atoms with Crippen molar-refractivity contribution in [2.24, 2.45) is 0 Å². The topological polar surface area (TPSA) is 28.2 Å². The van der Waals surface area contributed by atoms with Gasteiger partial charge >= 0.3 is 0 Å². The first-order valence-corrected chi connectivity index (χ1v) is 8.04. The minimum absolute atomic E-state index is 0.00948. The molecule has 0 unspecified atom stereocenters. The van der Waals surface area contributed by atoms with Crippen molar-refractivity contribution in [3.63, 3.8) is 0 Å². The molecule has 1 rings (SSSR count). The summed E-state index contributed by atoms with van der Waals surface area (Å²) in [6.07, 6.45) is 8.00. The molecule has 1 heterocycles. The van der Waals surface area contributed by atoms with Crippen LogP contribution < -0.4 is 5.32 Å². The van der Waals surface area contributed by atoms with E-state index < -0.39 is 0 Å². The molecule has 0 spiro atoms. The summed E-state index contributed by atoms with van der Waals surface area (Å²) >= 11 is 0. The van der Waals surface area contributed by atoms with Crippen molar-refractivity contribution in [1.29, 1.82) is 0 Å². The van der Waals surface area contributed by atoms with Crippen LogP contribution in [0, 0.1) is 0 Å². The van der Waals surface area contributed by atoms with Gasteiger partial charge in [-0.1, -0.05) is 39.0 Å². The number of aromatic nitrogens is 1. The van der Waals surface area contributed by atoms with E-state index in [1.165, 1.54) is 6.42 Å². The van der Waals surface area contributed by atoms with Crippen LogP contribution in [0.4, 0.5) is 0 Å². The Morgan fingerprint density at radius 3 is 2.50 bits per heavy atom. The smallest absolute Gasteiger partial charge is 0.0541 e. The van der Waals surface area contributed by atoms with Crippen molar-refractivity contribution in [1.82, 2.24) is 15.2 Å². The van der Waals surface area contributed by atoms with Crippen molar-refractivity contribution in [3.05, 3.63) is 54.6 Å². The first kappa shape index (κ1) is 20.4. The average Bonchev–Trinajstić information content (AvgIpc) is 2.47.